The van der Waals surface area contributed by atoms with Crippen LogP contribution < -0.4 is 10.6 Å². The summed E-state index contributed by atoms with van der Waals surface area (Å²) in [5.41, 5.74) is 3.87. The molecule has 0 spiro atoms. The molecule has 0 aromatic heterocycles. The first kappa shape index (κ1) is 23.4. The van der Waals surface area contributed by atoms with Crippen molar-refractivity contribution in [3.05, 3.63) is 59.7 Å². The number of likely N-dealkylation sites (N-methyl/N-ethyl adjacent to an activating group) is 1. The summed E-state index contributed by atoms with van der Waals surface area (Å²) in [6.07, 6.45) is 1.15. The van der Waals surface area contributed by atoms with Crippen LogP contribution in [-0.4, -0.2) is 67.3 Å². The molecule has 2 amide bonds. The Kier molecular flexibility index (Phi) is 6.01. The van der Waals surface area contributed by atoms with Crippen LogP contribution in [0.25, 0.3) is 11.1 Å². The molecular weight excluding hydrogens is 446 g/mol. The number of nitrogens with zero attached hydrogens (tertiary/aromatic N) is 1. The van der Waals surface area contributed by atoms with E-state index in [0.717, 1.165) is 22.3 Å². The highest BCUT2D eigenvalue weighted by Gasteiger charge is 2.65. The zero-order chi connectivity index (χ0) is 24.7. The van der Waals surface area contributed by atoms with E-state index in [1.54, 1.807) is 0 Å². The van der Waals surface area contributed by atoms with Crippen molar-refractivity contribution < 1.29 is 24.2 Å². The zero-order valence-electron chi connectivity index (χ0n) is 20.0. The summed E-state index contributed by atoms with van der Waals surface area (Å²) in [7, 11) is 3.65. The monoisotopic (exact) mass is 477 g/mol. The summed E-state index contributed by atoms with van der Waals surface area (Å²) in [6.45, 7) is 0.470. The fourth-order valence-corrected chi connectivity index (χ4v) is 5.91. The molecule has 5 rings (SSSR count). The van der Waals surface area contributed by atoms with Crippen LogP contribution in [0.3, 0.4) is 0 Å². The van der Waals surface area contributed by atoms with E-state index >= 15 is 0 Å². The van der Waals surface area contributed by atoms with Crippen molar-refractivity contribution in [3.63, 3.8) is 0 Å². The highest BCUT2D eigenvalue weighted by Crippen LogP contribution is 2.63. The Morgan fingerprint density at radius 3 is 2.26 bits per heavy atom. The van der Waals surface area contributed by atoms with Gasteiger partial charge in [0, 0.05) is 18.5 Å². The van der Waals surface area contributed by atoms with Gasteiger partial charge in [0.15, 0.2) is 0 Å². The van der Waals surface area contributed by atoms with E-state index in [4.69, 9.17) is 4.74 Å². The molecule has 0 radical (unpaired) electrons. The molecule has 184 valence electrons. The third-order valence-electron chi connectivity index (χ3n) is 7.68. The lowest BCUT2D eigenvalue weighted by Crippen LogP contribution is -2.53. The summed E-state index contributed by atoms with van der Waals surface area (Å²) in [4.78, 5) is 39.1. The highest BCUT2D eigenvalue weighted by molar-refractivity contribution is 5.87. The van der Waals surface area contributed by atoms with Crippen molar-refractivity contribution in [2.24, 2.45) is 11.3 Å². The number of amides is 2. The van der Waals surface area contributed by atoms with Crippen LogP contribution in [0.15, 0.2) is 48.5 Å². The minimum atomic E-state index is -0.807. The predicted molar refractivity (Wildman–Crippen MR) is 130 cm³/mol. The maximum absolute atomic E-state index is 13.0. The van der Waals surface area contributed by atoms with Gasteiger partial charge in [-0.2, -0.15) is 0 Å². The standard InChI is InChI=1S/C27H31N3O5/c1-30(2)14-23(24(31)28-17-11-16-12-27(16,13-17)25(32)33)29-26(34)35-15-22-20-9-5-3-7-18(20)19-8-4-6-10-21(19)22/h3-10,16-17,22-23H,11-15H2,1-2H3,(H,28,31)(H,29,34)(H,32,33)/t16?,17?,23-,27?/m0/s1. The topological polar surface area (TPSA) is 108 Å². The number of carboxylic acid groups (broad SMARTS) is 1. The van der Waals surface area contributed by atoms with Gasteiger partial charge in [0.05, 0.1) is 5.41 Å². The van der Waals surface area contributed by atoms with Gasteiger partial charge in [0.2, 0.25) is 5.91 Å². The fraction of sp³-hybridized carbons (Fsp3) is 0.444. The first-order chi connectivity index (χ1) is 16.8. The summed E-state index contributed by atoms with van der Waals surface area (Å²) in [5, 5.41) is 15.2. The molecule has 3 unspecified atom stereocenters. The van der Waals surface area contributed by atoms with Gasteiger partial charge in [0.25, 0.3) is 0 Å². The molecule has 3 aliphatic carbocycles. The number of carbonyl (C=O) groups excluding carboxylic acids is 2. The maximum Gasteiger partial charge on any atom is 0.407 e. The number of rotatable bonds is 8. The van der Waals surface area contributed by atoms with Gasteiger partial charge in [-0.05, 0) is 61.5 Å². The van der Waals surface area contributed by atoms with Crippen molar-refractivity contribution in [1.29, 1.82) is 0 Å². The summed E-state index contributed by atoms with van der Waals surface area (Å²) in [5.74, 6) is -1.03. The smallest absolute Gasteiger partial charge is 0.407 e. The summed E-state index contributed by atoms with van der Waals surface area (Å²) in [6, 6.07) is 15.2. The van der Waals surface area contributed by atoms with Crippen molar-refractivity contribution in [3.8, 4) is 11.1 Å². The van der Waals surface area contributed by atoms with Crippen LogP contribution in [0.2, 0.25) is 0 Å². The fourth-order valence-electron chi connectivity index (χ4n) is 5.91. The average molecular weight is 478 g/mol. The van der Waals surface area contributed by atoms with Crippen molar-refractivity contribution >= 4 is 18.0 Å². The van der Waals surface area contributed by atoms with E-state index in [0.29, 0.717) is 25.8 Å². The second-order valence-corrected chi connectivity index (χ2v) is 10.3. The molecule has 0 heterocycles. The second kappa shape index (κ2) is 9.00. The lowest BCUT2D eigenvalue weighted by Gasteiger charge is -2.24. The number of fused-ring (bicyclic) bond motifs is 4. The van der Waals surface area contributed by atoms with E-state index in [2.05, 4.69) is 34.9 Å². The van der Waals surface area contributed by atoms with Gasteiger partial charge in [-0.3, -0.25) is 9.59 Å². The quantitative estimate of drug-likeness (QED) is 0.540. The molecule has 35 heavy (non-hydrogen) atoms. The van der Waals surface area contributed by atoms with Gasteiger partial charge >= 0.3 is 12.1 Å². The number of hydrogen-bond donors (Lipinski definition) is 3. The normalized spacial score (nSPS) is 24.8. The molecule has 2 saturated carbocycles. The summed E-state index contributed by atoms with van der Waals surface area (Å²) < 4.78 is 5.62. The lowest BCUT2D eigenvalue weighted by molar-refractivity contribution is -0.143. The number of carbonyl (C=O) groups is 3. The lowest BCUT2D eigenvalue weighted by atomic mass is 9.98. The molecule has 8 nitrogen and oxygen atoms in total. The Bertz CT molecular complexity index is 1120. The minimum absolute atomic E-state index is 0.0632. The molecule has 0 saturated heterocycles. The van der Waals surface area contributed by atoms with Gasteiger partial charge in [-0.15, -0.1) is 0 Å². The Labute approximate surface area is 204 Å². The SMILES string of the molecule is CN(C)C[C@H](NC(=O)OCC1c2ccccc2-c2ccccc21)C(=O)NC1CC2CC2(C(=O)O)C1. The molecule has 0 bridgehead atoms. The molecule has 4 atom stereocenters. The molecule has 2 aromatic rings. The zero-order valence-corrected chi connectivity index (χ0v) is 20.0. The van der Waals surface area contributed by atoms with Gasteiger partial charge in [-0.1, -0.05) is 48.5 Å². The van der Waals surface area contributed by atoms with Crippen LogP contribution in [0, 0.1) is 11.3 Å². The van der Waals surface area contributed by atoms with E-state index in [-0.39, 0.29) is 30.4 Å². The maximum atomic E-state index is 13.0. The predicted octanol–water partition coefficient (Wildman–Crippen LogP) is 2.82. The first-order valence-corrected chi connectivity index (χ1v) is 12.1. The Hall–Kier alpha value is -3.39. The molecular formula is C27H31N3O5. The van der Waals surface area contributed by atoms with E-state index in [1.807, 2.05) is 43.3 Å². The van der Waals surface area contributed by atoms with Crippen LogP contribution in [0.5, 0.6) is 0 Å². The molecule has 8 heteroatoms. The number of nitrogens with one attached hydrogen (secondary N) is 2. The van der Waals surface area contributed by atoms with Crippen LogP contribution in [0.4, 0.5) is 4.79 Å². The van der Waals surface area contributed by atoms with Crippen molar-refractivity contribution in [1.82, 2.24) is 15.5 Å². The second-order valence-electron chi connectivity index (χ2n) is 10.3. The third-order valence-corrected chi connectivity index (χ3v) is 7.68. The number of alkyl carbamates (subject to hydrolysis) is 1. The minimum Gasteiger partial charge on any atom is -0.481 e. The number of ether oxygens (including phenoxy) is 1. The van der Waals surface area contributed by atoms with Gasteiger partial charge in [0.1, 0.15) is 12.6 Å². The molecule has 0 aliphatic heterocycles. The third kappa shape index (κ3) is 4.38. The van der Waals surface area contributed by atoms with Gasteiger partial charge in [-0.25, -0.2) is 4.79 Å². The number of hydrogen-bond acceptors (Lipinski definition) is 5. The molecule has 3 aliphatic rings. The van der Waals surface area contributed by atoms with E-state index in [1.165, 1.54) is 0 Å². The Morgan fingerprint density at radius 2 is 1.69 bits per heavy atom. The molecule has 3 N–H and O–H groups in total. The highest BCUT2D eigenvalue weighted by atomic mass is 16.5. The number of benzene rings is 2. The van der Waals surface area contributed by atoms with Crippen LogP contribution in [0.1, 0.15) is 36.3 Å². The van der Waals surface area contributed by atoms with E-state index in [9.17, 15) is 19.5 Å². The average Bonchev–Trinajstić information content (AvgIpc) is 3.26. The van der Waals surface area contributed by atoms with Crippen molar-refractivity contribution in [2.75, 3.05) is 27.2 Å². The largest absolute Gasteiger partial charge is 0.481 e. The Balaban J connectivity index is 1.20. The van der Waals surface area contributed by atoms with E-state index < -0.39 is 23.5 Å². The van der Waals surface area contributed by atoms with Crippen molar-refractivity contribution in [2.45, 2.75) is 37.3 Å². The molecule has 2 fully saturated rings. The summed E-state index contributed by atoms with van der Waals surface area (Å²) >= 11 is 0. The molecule has 2 aromatic carbocycles. The van der Waals surface area contributed by atoms with Crippen LogP contribution >= 0.6 is 0 Å². The van der Waals surface area contributed by atoms with Crippen LogP contribution in [-0.2, 0) is 14.3 Å². The Morgan fingerprint density at radius 1 is 1.06 bits per heavy atom. The number of carboxylic acids is 1. The first-order valence-electron chi connectivity index (χ1n) is 12.1. The number of aliphatic carboxylic acids is 1. The van der Waals surface area contributed by atoms with Gasteiger partial charge < -0.3 is 25.4 Å².